The van der Waals surface area contributed by atoms with Gasteiger partial charge in [-0.2, -0.15) is 0 Å². The van der Waals surface area contributed by atoms with Gasteiger partial charge in [0.15, 0.2) is 0 Å². The van der Waals surface area contributed by atoms with Crippen LogP contribution in [0.3, 0.4) is 0 Å². The smallest absolute Gasteiger partial charge is 0.255 e. The molecule has 8 heteroatoms. The molecule has 2 aromatic carbocycles. The number of rotatable bonds is 8. The molecule has 0 atom stereocenters. The number of benzene rings is 2. The molecule has 2 aromatic rings. The van der Waals surface area contributed by atoms with Gasteiger partial charge in [0.2, 0.25) is 15.9 Å². The zero-order valence-corrected chi connectivity index (χ0v) is 21.2. The SMILES string of the molecule is Cc1cccc(N(CCCC(=O)Nc2ccccc2C(=O)N2CCCCCC2)S(C)(=O)=O)c1C. The summed E-state index contributed by atoms with van der Waals surface area (Å²) in [5.41, 5.74) is 3.53. The lowest BCUT2D eigenvalue weighted by atomic mass is 10.1. The number of carbonyl (C=O) groups excluding carboxylic acids is 2. The number of anilines is 2. The van der Waals surface area contributed by atoms with Crippen molar-refractivity contribution < 1.29 is 18.0 Å². The number of nitrogens with zero attached hydrogens (tertiary/aromatic N) is 2. The fraction of sp³-hybridized carbons (Fsp3) is 0.462. The van der Waals surface area contributed by atoms with Crippen molar-refractivity contribution in [2.24, 2.45) is 0 Å². The molecule has 0 aliphatic carbocycles. The number of nitrogens with one attached hydrogen (secondary N) is 1. The number of sulfonamides is 1. The average molecular weight is 486 g/mol. The molecule has 0 unspecified atom stereocenters. The second-order valence-electron chi connectivity index (χ2n) is 8.96. The Morgan fingerprint density at radius 3 is 2.32 bits per heavy atom. The number of carbonyl (C=O) groups is 2. The van der Waals surface area contributed by atoms with Crippen LogP contribution in [0.2, 0.25) is 0 Å². The van der Waals surface area contributed by atoms with Crippen molar-refractivity contribution in [2.45, 2.75) is 52.4 Å². The molecule has 7 nitrogen and oxygen atoms in total. The zero-order chi connectivity index (χ0) is 24.7. The average Bonchev–Trinajstić information content (AvgIpc) is 3.08. The van der Waals surface area contributed by atoms with Gasteiger partial charge in [-0.3, -0.25) is 13.9 Å². The fourth-order valence-electron chi connectivity index (χ4n) is 4.29. The van der Waals surface area contributed by atoms with Gasteiger partial charge in [0, 0.05) is 26.1 Å². The Bertz CT molecular complexity index is 1120. The molecule has 184 valence electrons. The van der Waals surface area contributed by atoms with E-state index in [9.17, 15) is 18.0 Å². The molecule has 0 spiro atoms. The van der Waals surface area contributed by atoms with Crippen molar-refractivity contribution in [3.05, 3.63) is 59.2 Å². The second-order valence-corrected chi connectivity index (χ2v) is 10.9. The Hall–Kier alpha value is -2.87. The maximum absolute atomic E-state index is 13.1. The highest BCUT2D eigenvalue weighted by Gasteiger charge is 2.22. The van der Waals surface area contributed by atoms with E-state index in [0.717, 1.165) is 49.9 Å². The van der Waals surface area contributed by atoms with Gasteiger partial charge in [0.05, 0.1) is 23.2 Å². The van der Waals surface area contributed by atoms with Gasteiger partial charge in [0.1, 0.15) is 0 Å². The summed E-state index contributed by atoms with van der Waals surface area (Å²) in [6.45, 7) is 5.51. The molecule has 1 aliphatic rings. The predicted molar refractivity (Wildman–Crippen MR) is 137 cm³/mol. The molecule has 2 amide bonds. The van der Waals surface area contributed by atoms with Crippen LogP contribution in [0, 0.1) is 13.8 Å². The van der Waals surface area contributed by atoms with E-state index in [4.69, 9.17) is 0 Å². The van der Waals surface area contributed by atoms with E-state index in [-0.39, 0.29) is 24.8 Å². The third-order valence-electron chi connectivity index (χ3n) is 6.33. The topological polar surface area (TPSA) is 86.8 Å². The molecule has 1 fully saturated rings. The Balaban J connectivity index is 1.65. The van der Waals surface area contributed by atoms with Crippen LogP contribution in [-0.2, 0) is 14.8 Å². The number of amides is 2. The maximum atomic E-state index is 13.1. The quantitative estimate of drug-likeness (QED) is 0.596. The van der Waals surface area contributed by atoms with E-state index in [1.807, 2.05) is 30.9 Å². The molecule has 3 rings (SSSR count). The minimum absolute atomic E-state index is 0.0593. The summed E-state index contributed by atoms with van der Waals surface area (Å²) in [4.78, 5) is 27.7. The van der Waals surface area contributed by atoms with Crippen LogP contribution < -0.4 is 9.62 Å². The first-order valence-electron chi connectivity index (χ1n) is 11.9. The Labute approximate surface area is 203 Å². The van der Waals surface area contributed by atoms with Crippen LogP contribution in [0.25, 0.3) is 0 Å². The van der Waals surface area contributed by atoms with Crippen LogP contribution >= 0.6 is 0 Å². The summed E-state index contributed by atoms with van der Waals surface area (Å²) in [7, 11) is -3.50. The highest BCUT2D eigenvalue weighted by atomic mass is 32.2. The summed E-state index contributed by atoms with van der Waals surface area (Å²) in [6, 6.07) is 12.6. The first-order chi connectivity index (χ1) is 16.2. The van der Waals surface area contributed by atoms with Crippen molar-refractivity contribution in [2.75, 3.05) is 35.5 Å². The van der Waals surface area contributed by atoms with E-state index in [0.29, 0.717) is 23.4 Å². The summed E-state index contributed by atoms with van der Waals surface area (Å²) in [5, 5.41) is 2.86. The normalized spacial score (nSPS) is 14.4. The summed E-state index contributed by atoms with van der Waals surface area (Å²) in [5.74, 6) is -0.304. The highest BCUT2D eigenvalue weighted by molar-refractivity contribution is 7.92. The van der Waals surface area contributed by atoms with Crippen molar-refractivity contribution in [1.82, 2.24) is 4.90 Å². The van der Waals surface area contributed by atoms with Crippen LogP contribution in [-0.4, -0.2) is 51.0 Å². The number of hydrogen-bond acceptors (Lipinski definition) is 4. The summed E-state index contributed by atoms with van der Waals surface area (Å²) < 4.78 is 26.2. The number of likely N-dealkylation sites (tertiary alicyclic amines) is 1. The molecule has 0 aromatic heterocycles. The van der Waals surface area contributed by atoms with Crippen LogP contribution in [0.15, 0.2) is 42.5 Å². The van der Waals surface area contributed by atoms with Gasteiger partial charge in [-0.05, 0) is 62.4 Å². The van der Waals surface area contributed by atoms with E-state index < -0.39 is 10.0 Å². The minimum Gasteiger partial charge on any atom is -0.339 e. The number of para-hydroxylation sites is 1. The standard InChI is InChI=1S/C26H35N3O4S/c1-20-12-10-15-24(21(20)2)29(34(3,32)33)19-11-16-25(30)27-23-14-7-6-13-22(23)26(31)28-17-8-4-5-9-18-28/h6-7,10,12-15H,4-5,8-9,11,16-19H2,1-3H3,(H,27,30). The lowest BCUT2D eigenvalue weighted by Crippen LogP contribution is -2.33. The maximum Gasteiger partial charge on any atom is 0.255 e. The van der Waals surface area contributed by atoms with Crippen LogP contribution in [0.5, 0.6) is 0 Å². The molecule has 1 saturated heterocycles. The first-order valence-corrected chi connectivity index (χ1v) is 13.8. The highest BCUT2D eigenvalue weighted by Crippen LogP contribution is 2.25. The lowest BCUT2D eigenvalue weighted by Gasteiger charge is -2.25. The third kappa shape index (κ3) is 6.59. The molecule has 0 bridgehead atoms. The summed E-state index contributed by atoms with van der Waals surface area (Å²) in [6.07, 6.45) is 5.94. The minimum atomic E-state index is -3.50. The van der Waals surface area contributed by atoms with Crippen molar-refractivity contribution >= 4 is 33.2 Å². The molecule has 1 aliphatic heterocycles. The Kier molecular flexibility index (Phi) is 8.72. The van der Waals surface area contributed by atoms with E-state index in [1.165, 1.54) is 10.6 Å². The molecule has 1 heterocycles. The largest absolute Gasteiger partial charge is 0.339 e. The zero-order valence-electron chi connectivity index (χ0n) is 20.3. The van der Waals surface area contributed by atoms with Gasteiger partial charge in [-0.25, -0.2) is 8.42 Å². The first kappa shape index (κ1) is 25.7. The van der Waals surface area contributed by atoms with E-state index in [2.05, 4.69) is 5.32 Å². The molecule has 1 N–H and O–H groups in total. The van der Waals surface area contributed by atoms with E-state index in [1.54, 1.807) is 30.3 Å². The van der Waals surface area contributed by atoms with Crippen molar-refractivity contribution in [3.63, 3.8) is 0 Å². The van der Waals surface area contributed by atoms with Gasteiger partial charge in [-0.1, -0.05) is 37.1 Å². The van der Waals surface area contributed by atoms with Crippen molar-refractivity contribution in [3.8, 4) is 0 Å². The van der Waals surface area contributed by atoms with Gasteiger partial charge in [-0.15, -0.1) is 0 Å². The predicted octanol–water partition coefficient (Wildman–Crippen LogP) is 4.50. The fourth-order valence-corrected chi connectivity index (χ4v) is 5.31. The molecule has 0 radical (unpaired) electrons. The third-order valence-corrected chi connectivity index (χ3v) is 7.51. The van der Waals surface area contributed by atoms with E-state index >= 15 is 0 Å². The molecular formula is C26H35N3O4S. The Morgan fingerprint density at radius 2 is 1.65 bits per heavy atom. The van der Waals surface area contributed by atoms with Gasteiger partial charge >= 0.3 is 0 Å². The van der Waals surface area contributed by atoms with Gasteiger partial charge < -0.3 is 10.2 Å². The lowest BCUT2D eigenvalue weighted by molar-refractivity contribution is -0.116. The summed E-state index contributed by atoms with van der Waals surface area (Å²) >= 11 is 0. The number of hydrogen-bond donors (Lipinski definition) is 1. The van der Waals surface area contributed by atoms with Crippen molar-refractivity contribution in [1.29, 1.82) is 0 Å². The van der Waals surface area contributed by atoms with Gasteiger partial charge in [0.25, 0.3) is 5.91 Å². The molecule has 34 heavy (non-hydrogen) atoms. The second kappa shape index (κ2) is 11.5. The Morgan fingerprint density at radius 1 is 0.971 bits per heavy atom. The molecular weight excluding hydrogens is 450 g/mol. The monoisotopic (exact) mass is 485 g/mol. The molecule has 0 saturated carbocycles. The van der Waals surface area contributed by atoms with Crippen LogP contribution in [0.1, 0.15) is 60.0 Å². The number of aryl methyl sites for hydroxylation is 1. The van der Waals surface area contributed by atoms with Crippen LogP contribution in [0.4, 0.5) is 11.4 Å².